The first kappa shape index (κ1) is 32.4. The van der Waals surface area contributed by atoms with Gasteiger partial charge in [-0.05, 0) is 43.0 Å². The van der Waals surface area contributed by atoms with Gasteiger partial charge in [0, 0.05) is 37.7 Å². The number of benzene rings is 1. The quantitative estimate of drug-likeness (QED) is 0.281. The number of fused-ring (bicyclic) bond motifs is 2. The highest BCUT2D eigenvalue weighted by molar-refractivity contribution is 5.88. The number of ether oxygens (including phenoxy) is 3. The number of hydrogen-bond donors (Lipinski definition) is 2. The Morgan fingerprint density at radius 3 is 2.56 bits per heavy atom. The Morgan fingerprint density at radius 2 is 1.77 bits per heavy atom. The lowest BCUT2D eigenvalue weighted by atomic mass is 9.85. The van der Waals surface area contributed by atoms with Gasteiger partial charge in [0.2, 0.25) is 5.95 Å². The standard InChI is InChI=1S/C35H47N9O4/c1-24-23-47-20-17-42(24)34-39-38-31-12-9-25(22-43(31)34)48-29-11-10-28(26-7-5-6-8-27(26)29)36-33(45)37-32-21-30(35(2,3)4)40-44(32)14-13-41-15-18-46-19-16-41/h5-9,12,21-22,24,28-29H,10-11,13-20,23H2,1-4H3,(H2,36,37,45)/t24-,28-,29+/m0/s1. The molecule has 0 unspecified atom stereocenters. The molecule has 13 heteroatoms. The molecular formula is C35H47N9O4. The van der Waals surface area contributed by atoms with Crippen LogP contribution in [0, 0.1) is 0 Å². The number of morpholine rings is 2. The smallest absolute Gasteiger partial charge is 0.320 e. The first-order valence-corrected chi connectivity index (χ1v) is 17.1. The van der Waals surface area contributed by atoms with Crippen LogP contribution in [0.1, 0.15) is 69.5 Å². The van der Waals surface area contributed by atoms with Crippen molar-refractivity contribution in [2.24, 2.45) is 0 Å². The second-order valence-corrected chi connectivity index (χ2v) is 14.0. The van der Waals surface area contributed by atoms with Crippen molar-refractivity contribution >= 4 is 23.4 Å². The molecule has 1 aliphatic carbocycles. The van der Waals surface area contributed by atoms with E-state index in [0.717, 1.165) is 86.4 Å². The summed E-state index contributed by atoms with van der Waals surface area (Å²) in [4.78, 5) is 18.1. The maximum Gasteiger partial charge on any atom is 0.320 e. The number of carbonyl (C=O) groups excluding carboxylic acids is 1. The second-order valence-electron chi connectivity index (χ2n) is 14.0. The number of carbonyl (C=O) groups is 1. The van der Waals surface area contributed by atoms with Gasteiger partial charge < -0.3 is 24.4 Å². The van der Waals surface area contributed by atoms with Crippen molar-refractivity contribution in [3.8, 4) is 5.75 Å². The Balaban J connectivity index is 1.04. The molecule has 2 aliphatic heterocycles. The van der Waals surface area contributed by atoms with Crippen LogP contribution in [-0.2, 0) is 21.4 Å². The number of nitrogens with one attached hydrogen (secondary N) is 2. The fourth-order valence-corrected chi connectivity index (χ4v) is 6.76. The maximum atomic E-state index is 13.5. The minimum Gasteiger partial charge on any atom is -0.484 e. The van der Waals surface area contributed by atoms with Gasteiger partial charge in [-0.15, -0.1) is 10.2 Å². The van der Waals surface area contributed by atoms with Gasteiger partial charge in [0.05, 0.1) is 56.9 Å². The first-order valence-electron chi connectivity index (χ1n) is 17.1. The summed E-state index contributed by atoms with van der Waals surface area (Å²) >= 11 is 0. The van der Waals surface area contributed by atoms with Crippen LogP contribution < -0.4 is 20.3 Å². The van der Waals surface area contributed by atoms with E-state index in [-0.39, 0.29) is 29.6 Å². The van der Waals surface area contributed by atoms with E-state index in [4.69, 9.17) is 19.3 Å². The maximum absolute atomic E-state index is 13.5. The zero-order valence-corrected chi connectivity index (χ0v) is 28.4. The third-order valence-electron chi connectivity index (χ3n) is 9.52. The lowest BCUT2D eigenvalue weighted by Gasteiger charge is -2.33. The molecule has 0 radical (unpaired) electrons. The molecule has 7 rings (SSSR count). The number of aromatic nitrogens is 5. The van der Waals surface area contributed by atoms with Crippen LogP contribution in [0.15, 0.2) is 48.7 Å². The summed E-state index contributed by atoms with van der Waals surface area (Å²) in [6.45, 7) is 15.5. The van der Waals surface area contributed by atoms with E-state index in [1.165, 1.54) is 0 Å². The van der Waals surface area contributed by atoms with Crippen LogP contribution in [0.25, 0.3) is 5.65 Å². The van der Waals surface area contributed by atoms with E-state index in [1.54, 1.807) is 0 Å². The van der Waals surface area contributed by atoms with Crippen molar-refractivity contribution < 1.29 is 19.0 Å². The number of hydrogen-bond acceptors (Lipinski definition) is 9. The molecule has 2 fully saturated rings. The average Bonchev–Trinajstić information content (AvgIpc) is 3.69. The molecule has 2 saturated heterocycles. The van der Waals surface area contributed by atoms with Crippen molar-refractivity contribution in [2.75, 3.05) is 62.8 Å². The zero-order valence-electron chi connectivity index (χ0n) is 28.4. The van der Waals surface area contributed by atoms with E-state index < -0.39 is 0 Å². The molecule has 256 valence electrons. The SMILES string of the molecule is C[C@H]1COCCN1c1nnc2ccc(O[C@@H]3CC[C@H](NC(=O)Nc4cc(C(C)(C)C)nn4CCN4CCOCC4)c4ccccc43)cn12. The number of amides is 2. The fraction of sp³-hybridized carbons (Fsp3) is 0.543. The minimum atomic E-state index is -0.245. The van der Waals surface area contributed by atoms with Crippen LogP contribution in [0.4, 0.5) is 16.6 Å². The summed E-state index contributed by atoms with van der Waals surface area (Å²) in [5.41, 5.74) is 3.71. The number of pyridine rings is 1. The molecule has 2 N–H and O–H groups in total. The predicted octanol–water partition coefficient (Wildman–Crippen LogP) is 4.56. The Kier molecular flexibility index (Phi) is 9.25. The van der Waals surface area contributed by atoms with E-state index in [2.05, 4.69) is 70.5 Å². The second kappa shape index (κ2) is 13.7. The van der Waals surface area contributed by atoms with Gasteiger partial charge in [0.25, 0.3) is 0 Å². The lowest BCUT2D eigenvalue weighted by molar-refractivity contribution is 0.0360. The molecular weight excluding hydrogens is 610 g/mol. The highest BCUT2D eigenvalue weighted by Crippen LogP contribution is 2.39. The van der Waals surface area contributed by atoms with E-state index in [1.807, 2.05) is 45.6 Å². The topological polar surface area (TPSA) is 123 Å². The van der Waals surface area contributed by atoms with E-state index >= 15 is 0 Å². The van der Waals surface area contributed by atoms with Gasteiger partial charge in [-0.1, -0.05) is 45.0 Å². The molecule has 48 heavy (non-hydrogen) atoms. The van der Waals surface area contributed by atoms with Gasteiger partial charge in [0.15, 0.2) is 5.65 Å². The van der Waals surface area contributed by atoms with Gasteiger partial charge in [0.1, 0.15) is 17.7 Å². The Hall–Kier alpha value is -4.20. The van der Waals surface area contributed by atoms with Gasteiger partial charge in [-0.25, -0.2) is 9.48 Å². The van der Waals surface area contributed by atoms with Gasteiger partial charge >= 0.3 is 6.03 Å². The van der Waals surface area contributed by atoms with Crippen LogP contribution in [-0.4, -0.2) is 94.0 Å². The normalized spacial score (nSPS) is 22.0. The molecule has 3 atom stereocenters. The van der Waals surface area contributed by atoms with Crippen LogP contribution in [0.2, 0.25) is 0 Å². The van der Waals surface area contributed by atoms with E-state index in [9.17, 15) is 4.79 Å². The van der Waals surface area contributed by atoms with Crippen LogP contribution >= 0.6 is 0 Å². The predicted molar refractivity (Wildman–Crippen MR) is 183 cm³/mol. The Labute approximate surface area is 281 Å². The first-order chi connectivity index (χ1) is 23.2. The molecule has 0 spiro atoms. The summed E-state index contributed by atoms with van der Waals surface area (Å²) in [5.74, 6) is 2.24. The monoisotopic (exact) mass is 657 g/mol. The molecule has 0 saturated carbocycles. The minimum absolute atomic E-state index is 0.143. The number of anilines is 2. The third-order valence-corrected chi connectivity index (χ3v) is 9.52. The number of rotatable bonds is 8. The number of urea groups is 1. The van der Waals surface area contributed by atoms with Crippen molar-refractivity contribution in [1.82, 2.24) is 34.6 Å². The van der Waals surface area contributed by atoms with E-state index in [0.29, 0.717) is 25.6 Å². The lowest BCUT2D eigenvalue weighted by Crippen LogP contribution is -2.44. The Bertz CT molecular complexity index is 1720. The summed E-state index contributed by atoms with van der Waals surface area (Å²) < 4.78 is 21.7. The summed E-state index contributed by atoms with van der Waals surface area (Å²) in [5, 5.41) is 20.1. The van der Waals surface area contributed by atoms with Gasteiger partial charge in [-0.3, -0.25) is 14.6 Å². The molecule has 1 aromatic carbocycles. The largest absolute Gasteiger partial charge is 0.484 e. The molecule has 4 aromatic rings. The van der Waals surface area contributed by atoms with Crippen LogP contribution in [0.5, 0.6) is 5.75 Å². The summed E-state index contributed by atoms with van der Waals surface area (Å²) in [6, 6.07) is 13.9. The third kappa shape index (κ3) is 6.99. The van der Waals surface area contributed by atoms with Crippen LogP contribution in [0.3, 0.4) is 0 Å². The molecule has 2 amide bonds. The highest BCUT2D eigenvalue weighted by atomic mass is 16.5. The molecule has 0 bridgehead atoms. The van der Waals surface area contributed by atoms with Crippen molar-refractivity contribution in [3.63, 3.8) is 0 Å². The van der Waals surface area contributed by atoms with Crippen molar-refractivity contribution in [2.45, 2.75) is 70.7 Å². The molecule has 13 nitrogen and oxygen atoms in total. The number of nitrogens with zero attached hydrogens (tertiary/aromatic N) is 7. The Morgan fingerprint density at radius 1 is 0.979 bits per heavy atom. The zero-order chi connectivity index (χ0) is 33.3. The molecule has 5 heterocycles. The molecule has 3 aromatic heterocycles. The molecule has 3 aliphatic rings. The summed E-state index contributed by atoms with van der Waals surface area (Å²) in [7, 11) is 0. The van der Waals surface area contributed by atoms with Gasteiger partial charge in [-0.2, -0.15) is 5.10 Å². The van der Waals surface area contributed by atoms with Crippen molar-refractivity contribution in [1.29, 1.82) is 0 Å². The average molecular weight is 658 g/mol. The summed E-state index contributed by atoms with van der Waals surface area (Å²) in [6.07, 6.45) is 3.31. The van der Waals surface area contributed by atoms with Crippen molar-refractivity contribution in [3.05, 3.63) is 65.5 Å². The highest BCUT2D eigenvalue weighted by Gasteiger charge is 2.31. The fourth-order valence-electron chi connectivity index (χ4n) is 6.76.